The van der Waals surface area contributed by atoms with Gasteiger partial charge in [0, 0.05) is 17.2 Å². The fourth-order valence-electron chi connectivity index (χ4n) is 3.56. The molecule has 2 aliphatic heterocycles. The highest BCUT2D eigenvalue weighted by molar-refractivity contribution is 9.10. The summed E-state index contributed by atoms with van der Waals surface area (Å²) in [5, 5.41) is 0. The molecule has 0 N–H and O–H groups in total. The summed E-state index contributed by atoms with van der Waals surface area (Å²) in [6.07, 6.45) is 1.95. The summed E-state index contributed by atoms with van der Waals surface area (Å²) >= 11 is 3.48. The van der Waals surface area contributed by atoms with Crippen molar-refractivity contribution < 1.29 is 4.74 Å². The van der Waals surface area contributed by atoms with E-state index in [2.05, 4.69) is 66.0 Å². The van der Waals surface area contributed by atoms with Crippen LogP contribution in [0.5, 0.6) is 5.75 Å². The molecule has 3 nitrogen and oxygen atoms in total. The zero-order valence-corrected chi connectivity index (χ0v) is 14.4. The largest absolute Gasteiger partial charge is 0.459 e. The summed E-state index contributed by atoms with van der Waals surface area (Å²) in [5.41, 5.74) is 2.54. The minimum atomic E-state index is -0.600. The normalized spacial score (nSPS) is 24.1. The highest BCUT2D eigenvalue weighted by atomic mass is 79.9. The molecule has 0 radical (unpaired) electrons. The van der Waals surface area contributed by atoms with Crippen LogP contribution in [0.1, 0.15) is 19.4 Å². The molecule has 0 bridgehead atoms. The van der Waals surface area contributed by atoms with Crippen LogP contribution in [0.15, 0.2) is 51.9 Å². The molecule has 0 aliphatic carbocycles. The highest BCUT2D eigenvalue weighted by Gasteiger charge is 2.58. The Kier molecular flexibility index (Phi) is 2.74. The van der Waals surface area contributed by atoms with E-state index in [1.165, 1.54) is 11.3 Å². The second-order valence-electron chi connectivity index (χ2n) is 6.37. The molecule has 2 aromatic carbocycles. The Labute approximate surface area is 138 Å². The molecule has 0 aromatic heterocycles. The number of halogens is 1. The summed E-state index contributed by atoms with van der Waals surface area (Å²) in [6, 6.07) is 14.4. The van der Waals surface area contributed by atoms with Gasteiger partial charge in [0.2, 0.25) is 5.72 Å². The molecule has 2 aliphatic rings. The molecular formula is C18H17BrN2O. The summed E-state index contributed by atoms with van der Waals surface area (Å²) in [5.74, 6) is 0.818. The van der Waals surface area contributed by atoms with Gasteiger partial charge in [-0.15, -0.1) is 0 Å². The van der Waals surface area contributed by atoms with E-state index in [9.17, 15) is 0 Å². The van der Waals surface area contributed by atoms with E-state index in [1.54, 1.807) is 0 Å². The van der Waals surface area contributed by atoms with Crippen molar-refractivity contribution in [3.8, 4) is 5.75 Å². The van der Waals surface area contributed by atoms with Crippen LogP contribution in [-0.4, -0.2) is 19.0 Å². The van der Waals surface area contributed by atoms with Crippen molar-refractivity contribution in [3.05, 3.63) is 52.5 Å². The van der Waals surface area contributed by atoms with Gasteiger partial charge in [-0.3, -0.25) is 4.99 Å². The van der Waals surface area contributed by atoms with Crippen LogP contribution in [0.4, 0.5) is 11.4 Å². The SMILES string of the molecule is CN1c2ccccc2C(C)(C)C12C=Nc1cc(Br)ccc1O2. The van der Waals surface area contributed by atoms with Crippen LogP contribution in [-0.2, 0) is 5.41 Å². The smallest absolute Gasteiger partial charge is 0.228 e. The number of fused-ring (bicyclic) bond motifs is 2. The maximum Gasteiger partial charge on any atom is 0.228 e. The molecule has 0 fully saturated rings. The predicted molar refractivity (Wildman–Crippen MR) is 93.5 cm³/mol. The van der Waals surface area contributed by atoms with Crippen molar-refractivity contribution >= 4 is 33.5 Å². The lowest BCUT2D eigenvalue weighted by Crippen LogP contribution is -2.60. The Bertz CT molecular complexity index is 799. The number of ether oxygens (including phenoxy) is 1. The fourth-order valence-corrected chi connectivity index (χ4v) is 3.91. The molecule has 2 heterocycles. The third-order valence-corrected chi connectivity index (χ3v) is 5.39. The van der Waals surface area contributed by atoms with Crippen LogP contribution < -0.4 is 9.64 Å². The average molecular weight is 357 g/mol. The maximum absolute atomic E-state index is 6.50. The topological polar surface area (TPSA) is 24.8 Å². The van der Waals surface area contributed by atoms with Gasteiger partial charge in [-0.25, -0.2) is 0 Å². The van der Waals surface area contributed by atoms with Gasteiger partial charge in [-0.1, -0.05) is 34.1 Å². The van der Waals surface area contributed by atoms with Crippen molar-refractivity contribution in [2.45, 2.75) is 25.0 Å². The van der Waals surface area contributed by atoms with E-state index in [1.807, 2.05) is 24.4 Å². The fraction of sp³-hybridized carbons (Fsp3) is 0.278. The predicted octanol–water partition coefficient (Wildman–Crippen LogP) is 4.67. The first kappa shape index (κ1) is 13.8. The number of hydrogen-bond acceptors (Lipinski definition) is 3. The molecule has 1 unspecified atom stereocenters. The second-order valence-corrected chi connectivity index (χ2v) is 7.29. The monoisotopic (exact) mass is 356 g/mol. The number of hydrogen-bond donors (Lipinski definition) is 0. The van der Waals surface area contributed by atoms with Crippen molar-refractivity contribution in [1.82, 2.24) is 0 Å². The van der Waals surface area contributed by atoms with Gasteiger partial charge in [0.1, 0.15) is 11.4 Å². The minimum absolute atomic E-state index is 0.202. The zero-order valence-electron chi connectivity index (χ0n) is 12.8. The Hall–Kier alpha value is -1.81. The van der Waals surface area contributed by atoms with Gasteiger partial charge in [0.15, 0.2) is 0 Å². The molecule has 1 atom stereocenters. The summed E-state index contributed by atoms with van der Waals surface area (Å²) in [6.45, 7) is 4.43. The van der Waals surface area contributed by atoms with E-state index in [0.29, 0.717) is 0 Å². The number of anilines is 1. The van der Waals surface area contributed by atoms with E-state index in [4.69, 9.17) is 9.73 Å². The lowest BCUT2D eigenvalue weighted by Gasteiger charge is -2.44. The first-order chi connectivity index (χ1) is 10.5. The number of rotatable bonds is 0. The Balaban J connectivity index is 1.89. The first-order valence-electron chi connectivity index (χ1n) is 7.33. The lowest BCUT2D eigenvalue weighted by molar-refractivity contribution is 0.0824. The van der Waals surface area contributed by atoms with Crippen LogP contribution in [0.3, 0.4) is 0 Å². The third-order valence-electron chi connectivity index (χ3n) is 4.90. The third kappa shape index (κ3) is 1.59. The minimum Gasteiger partial charge on any atom is -0.459 e. The molecule has 0 saturated heterocycles. The molecule has 0 amide bonds. The molecule has 1 spiro atoms. The van der Waals surface area contributed by atoms with Gasteiger partial charge < -0.3 is 9.64 Å². The average Bonchev–Trinajstić information content (AvgIpc) is 2.67. The Morgan fingerprint density at radius 3 is 2.68 bits per heavy atom. The Morgan fingerprint density at radius 1 is 1.14 bits per heavy atom. The molecular weight excluding hydrogens is 340 g/mol. The number of nitrogens with zero attached hydrogens (tertiary/aromatic N) is 2. The summed E-state index contributed by atoms with van der Waals surface area (Å²) < 4.78 is 7.51. The molecule has 0 saturated carbocycles. The molecule has 112 valence electrons. The van der Waals surface area contributed by atoms with E-state index >= 15 is 0 Å². The van der Waals surface area contributed by atoms with Crippen LogP contribution in [0, 0.1) is 0 Å². The molecule has 4 heteroatoms. The van der Waals surface area contributed by atoms with Crippen molar-refractivity contribution in [2.75, 3.05) is 11.9 Å². The van der Waals surface area contributed by atoms with Gasteiger partial charge in [-0.05, 0) is 43.7 Å². The van der Waals surface area contributed by atoms with Crippen LogP contribution in [0.25, 0.3) is 0 Å². The van der Waals surface area contributed by atoms with Gasteiger partial charge >= 0.3 is 0 Å². The quantitative estimate of drug-likeness (QED) is 0.685. The molecule has 2 aromatic rings. The van der Waals surface area contributed by atoms with E-state index in [0.717, 1.165) is 15.9 Å². The Morgan fingerprint density at radius 2 is 1.91 bits per heavy atom. The second kappa shape index (κ2) is 4.35. The number of benzene rings is 2. The van der Waals surface area contributed by atoms with Crippen molar-refractivity contribution in [3.63, 3.8) is 0 Å². The van der Waals surface area contributed by atoms with Gasteiger partial charge in [0.05, 0.1) is 11.6 Å². The number of likely N-dealkylation sites (N-methyl/N-ethyl adjacent to an activating group) is 1. The van der Waals surface area contributed by atoms with E-state index < -0.39 is 5.72 Å². The van der Waals surface area contributed by atoms with Crippen molar-refractivity contribution in [1.29, 1.82) is 0 Å². The summed E-state index contributed by atoms with van der Waals surface area (Å²) in [4.78, 5) is 6.89. The van der Waals surface area contributed by atoms with E-state index in [-0.39, 0.29) is 5.41 Å². The standard InChI is InChI=1S/C18H17BrN2O/c1-17(2)13-6-4-5-7-15(13)21(3)18(17)11-20-14-10-12(19)8-9-16(14)22-18/h4-11H,1-3H3. The van der Waals surface area contributed by atoms with Crippen LogP contribution in [0.2, 0.25) is 0 Å². The van der Waals surface area contributed by atoms with Crippen molar-refractivity contribution in [2.24, 2.45) is 4.99 Å². The lowest BCUT2D eigenvalue weighted by atomic mass is 9.77. The van der Waals surface area contributed by atoms with Gasteiger partial charge in [-0.2, -0.15) is 0 Å². The zero-order chi connectivity index (χ0) is 15.5. The maximum atomic E-state index is 6.50. The van der Waals surface area contributed by atoms with Gasteiger partial charge in [0.25, 0.3) is 0 Å². The number of para-hydroxylation sites is 1. The highest BCUT2D eigenvalue weighted by Crippen LogP contribution is 2.53. The summed E-state index contributed by atoms with van der Waals surface area (Å²) in [7, 11) is 2.07. The van der Waals surface area contributed by atoms with Crippen LogP contribution >= 0.6 is 15.9 Å². The molecule has 4 rings (SSSR count). The number of aliphatic imine (C=N–C) groups is 1. The molecule has 22 heavy (non-hydrogen) atoms. The first-order valence-corrected chi connectivity index (χ1v) is 8.12.